The maximum Gasteiger partial charge on any atom is 0.338 e. The van der Waals surface area contributed by atoms with Crippen molar-refractivity contribution in [1.82, 2.24) is 9.29 Å². The highest BCUT2D eigenvalue weighted by molar-refractivity contribution is 7.99. The molecule has 0 atom stereocenters. The Hall–Kier alpha value is -2.43. The molecule has 2 aromatic rings. The molecule has 0 aliphatic carbocycles. The predicted octanol–water partition coefficient (Wildman–Crippen LogP) is 3.94. The molecule has 1 saturated heterocycles. The first kappa shape index (κ1) is 25.2. The van der Waals surface area contributed by atoms with Gasteiger partial charge in [-0.2, -0.15) is 4.31 Å². The number of anilines is 1. The third-order valence-corrected chi connectivity index (χ3v) is 7.97. The molecular formula is C23H29N3O5S2. The van der Waals surface area contributed by atoms with Gasteiger partial charge >= 0.3 is 5.97 Å². The molecule has 0 bridgehead atoms. The third-order valence-electron chi connectivity index (χ3n) is 5.15. The summed E-state index contributed by atoms with van der Waals surface area (Å²) in [7, 11) is -3.52. The number of carbonyl (C=O) groups is 2. The Morgan fingerprint density at radius 3 is 2.45 bits per heavy atom. The van der Waals surface area contributed by atoms with Gasteiger partial charge in [0.25, 0.3) is 0 Å². The van der Waals surface area contributed by atoms with E-state index in [0.29, 0.717) is 36.0 Å². The SMILES string of the molecule is CCCCOC(=O)c1ccc(NC(=O)CSc2ccc(S(=O)(=O)N3CCCCC3)cn2)cc1. The molecule has 1 aromatic carbocycles. The maximum absolute atomic E-state index is 12.7. The van der Waals surface area contributed by atoms with Crippen LogP contribution >= 0.6 is 11.8 Å². The molecule has 0 radical (unpaired) electrons. The Morgan fingerprint density at radius 1 is 1.09 bits per heavy atom. The summed E-state index contributed by atoms with van der Waals surface area (Å²) in [5.41, 5.74) is 1.00. The van der Waals surface area contributed by atoms with E-state index < -0.39 is 10.0 Å². The first-order valence-corrected chi connectivity index (χ1v) is 13.5. The van der Waals surface area contributed by atoms with Gasteiger partial charge in [-0.3, -0.25) is 4.79 Å². The van der Waals surface area contributed by atoms with E-state index in [2.05, 4.69) is 10.3 Å². The average Bonchev–Trinajstić information content (AvgIpc) is 2.84. The van der Waals surface area contributed by atoms with Crippen LogP contribution < -0.4 is 5.32 Å². The molecule has 1 aromatic heterocycles. The number of esters is 1. The molecule has 1 amide bonds. The third kappa shape index (κ3) is 7.28. The number of piperidine rings is 1. The van der Waals surface area contributed by atoms with Crippen LogP contribution in [0, 0.1) is 0 Å². The lowest BCUT2D eigenvalue weighted by Crippen LogP contribution is -2.35. The van der Waals surface area contributed by atoms with Gasteiger partial charge < -0.3 is 10.1 Å². The smallest absolute Gasteiger partial charge is 0.338 e. The van der Waals surface area contributed by atoms with Gasteiger partial charge in [0, 0.05) is 25.0 Å². The quantitative estimate of drug-likeness (QED) is 0.305. The monoisotopic (exact) mass is 491 g/mol. The molecule has 178 valence electrons. The van der Waals surface area contributed by atoms with Crippen LogP contribution in [0.5, 0.6) is 0 Å². The number of hydrogen-bond donors (Lipinski definition) is 1. The zero-order chi connectivity index (χ0) is 23.7. The van der Waals surface area contributed by atoms with Crippen molar-refractivity contribution < 1.29 is 22.7 Å². The first-order valence-electron chi connectivity index (χ1n) is 11.1. The fourth-order valence-corrected chi connectivity index (χ4v) is 5.38. The van der Waals surface area contributed by atoms with Crippen molar-refractivity contribution in [2.75, 3.05) is 30.8 Å². The number of nitrogens with zero attached hydrogens (tertiary/aromatic N) is 2. The summed E-state index contributed by atoms with van der Waals surface area (Å²) in [6.07, 6.45) is 5.93. The highest BCUT2D eigenvalue weighted by Crippen LogP contribution is 2.22. The zero-order valence-electron chi connectivity index (χ0n) is 18.7. The summed E-state index contributed by atoms with van der Waals surface area (Å²) in [5.74, 6) is -0.495. The second-order valence-corrected chi connectivity index (χ2v) is 10.6. The highest BCUT2D eigenvalue weighted by Gasteiger charge is 2.26. The van der Waals surface area contributed by atoms with Crippen molar-refractivity contribution in [3.63, 3.8) is 0 Å². The Kier molecular flexibility index (Phi) is 9.28. The molecule has 8 nitrogen and oxygen atoms in total. The Labute approximate surface area is 199 Å². The minimum absolute atomic E-state index is 0.117. The number of aromatic nitrogens is 1. The largest absolute Gasteiger partial charge is 0.462 e. The van der Waals surface area contributed by atoms with Gasteiger partial charge in [-0.1, -0.05) is 31.5 Å². The number of hydrogen-bond acceptors (Lipinski definition) is 7. The van der Waals surface area contributed by atoms with Gasteiger partial charge in [0.1, 0.15) is 4.90 Å². The van der Waals surface area contributed by atoms with Crippen molar-refractivity contribution >= 4 is 39.3 Å². The van der Waals surface area contributed by atoms with Crippen molar-refractivity contribution in [3.05, 3.63) is 48.2 Å². The normalized spacial score (nSPS) is 14.6. The highest BCUT2D eigenvalue weighted by atomic mass is 32.2. The van der Waals surface area contributed by atoms with E-state index in [0.717, 1.165) is 32.1 Å². The van der Waals surface area contributed by atoms with Crippen molar-refractivity contribution in [2.24, 2.45) is 0 Å². The number of sulfonamides is 1. The average molecular weight is 492 g/mol. The molecular weight excluding hydrogens is 462 g/mol. The Balaban J connectivity index is 1.48. The minimum Gasteiger partial charge on any atom is -0.462 e. The molecule has 1 aliphatic heterocycles. The van der Waals surface area contributed by atoms with E-state index >= 15 is 0 Å². The molecule has 33 heavy (non-hydrogen) atoms. The van der Waals surface area contributed by atoms with Gasteiger partial charge in [-0.15, -0.1) is 0 Å². The number of amides is 1. The van der Waals surface area contributed by atoms with Crippen LogP contribution in [0.1, 0.15) is 49.4 Å². The van der Waals surface area contributed by atoms with Crippen molar-refractivity contribution in [3.8, 4) is 0 Å². The summed E-state index contributed by atoms with van der Waals surface area (Å²) in [6, 6.07) is 9.68. The number of benzene rings is 1. The molecule has 1 aliphatic rings. The van der Waals surface area contributed by atoms with Crippen molar-refractivity contribution in [1.29, 1.82) is 0 Å². The number of rotatable bonds is 10. The van der Waals surface area contributed by atoms with Crippen LogP contribution in [0.4, 0.5) is 5.69 Å². The number of ether oxygens (including phenoxy) is 1. The molecule has 2 heterocycles. The number of thioether (sulfide) groups is 1. The van der Waals surface area contributed by atoms with E-state index in [9.17, 15) is 18.0 Å². The number of unbranched alkanes of at least 4 members (excludes halogenated alkanes) is 1. The lowest BCUT2D eigenvalue weighted by atomic mass is 10.2. The van der Waals surface area contributed by atoms with E-state index in [1.165, 1.54) is 28.3 Å². The summed E-state index contributed by atoms with van der Waals surface area (Å²) in [5, 5.41) is 3.33. The summed E-state index contributed by atoms with van der Waals surface area (Å²) in [6.45, 7) is 3.50. The lowest BCUT2D eigenvalue weighted by molar-refractivity contribution is -0.113. The molecule has 0 unspecified atom stereocenters. The molecule has 10 heteroatoms. The Bertz CT molecular complexity index is 1030. The minimum atomic E-state index is -3.52. The first-order chi connectivity index (χ1) is 15.9. The maximum atomic E-state index is 12.7. The summed E-state index contributed by atoms with van der Waals surface area (Å²) in [4.78, 5) is 28.6. The van der Waals surface area contributed by atoms with Gasteiger partial charge in [0.2, 0.25) is 15.9 Å². The number of nitrogens with one attached hydrogen (secondary N) is 1. The fraction of sp³-hybridized carbons (Fsp3) is 0.435. The molecule has 1 N–H and O–H groups in total. The lowest BCUT2D eigenvalue weighted by Gasteiger charge is -2.25. The van der Waals surface area contributed by atoms with Crippen LogP contribution in [-0.2, 0) is 19.6 Å². The van der Waals surface area contributed by atoms with Gasteiger partial charge in [-0.25, -0.2) is 18.2 Å². The fourth-order valence-electron chi connectivity index (χ4n) is 3.28. The van der Waals surface area contributed by atoms with Gasteiger partial charge in [0.05, 0.1) is 22.9 Å². The molecule has 0 spiro atoms. The van der Waals surface area contributed by atoms with Crippen molar-refractivity contribution in [2.45, 2.75) is 48.9 Å². The van der Waals surface area contributed by atoms with Crippen LogP contribution in [0.25, 0.3) is 0 Å². The van der Waals surface area contributed by atoms with E-state index in [1.54, 1.807) is 30.3 Å². The molecule has 0 saturated carbocycles. The topological polar surface area (TPSA) is 106 Å². The summed E-state index contributed by atoms with van der Waals surface area (Å²) >= 11 is 1.22. The van der Waals surface area contributed by atoms with E-state index in [1.807, 2.05) is 6.92 Å². The van der Waals surface area contributed by atoms with E-state index in [-0.39, 0.29) is 22.5 Å². The second kappa shape index (κ2) is 12.2. The van der Waals surface area contributed by atoms with E-state index in [4.69, 9.17) is 4.74 Å². The molecule has 3 rings (SSSR count). The second-order valence-electron chi connectivity index (χ2n) is 7.70. The van der Waals surface area contributed by atoms with Gasteiger partial charge in [-0.05, 0) is 55.7 Å². The standard InChI is InChI=1S/C23H29N3O5S2/c1-2-3-15-31-23(28)18-7-9-19(10-8-18)25-21(27)17-32-22-12-11-20(16-24-22)33(29,30)26-13-5-4-6-14-26/h7-12,16H,2-6,13-15,17H2,1H3,(H,25,27). The van der Waals surface area contributed by atoms with Gasteiger partial charge in [0.15, 0.2) is 0 Å². The number of carbonyl (C=O) groups excluding carboxylic acids is 2. The number of pyridine rings is 1. The van der Waals surface area contributed by atoms with Crippen LogP contribution in [0.3, 0.4) is 0 Å². The molecule has 1 fully saturated rings. The predicted molar refractivity (Wildman–Crippen MR) is 128 cm³/mol. The van der Waals surface area contributed by atoms with Crippen LogP contribution in [0.2, 0.25) is 0 Å². The summed E-state index contributed by atoms with van der Waals surface area (Å²) < 4.78 is 32.0. The Morgan fingerprint density at radius 2 is 1.82 bits per heavy atom. The van der Waals surface area contributed by atoms with Crippen LogP contribution in [0.15, 0.2) is 52.5 Å². The zero-order valence-corrected chi connectivity index (χ0v) is 20.3. The van der Waals surface area contributed by atoms with Crippen LogP contribution in [-0.4, -0.2) is 55.0 Å².